The largest absolute Gasteiger partial charge is 0.360 e. The van der Waals surface area contributed by atoms with Crippen LogP contribution in [0.5, 0.6) is 0 Å². The zero-order chi connectivity index (χ0) is 10.7. The maximum absolute atomic E-state index is 4.37. The highest BCUT2D eigenvalue weighted by molar-refractivity contribution is 5.36. The number of aromatic nitrogens is 3. The number of aromatic amines is 1. The molecule has 0 aliphatic rings. The summed E-state index contributed by atoms with van der Waals surface area (Å²) in [6, 6.07) is 6.05. The van der Waals surface area contributed by atoms with Crippen LogP contribution in [0.1, 0.15) is 24.5 Å². The molecule has 0 aliphatic heterocycles. The highest BCUT2D eigenvalue weighted by Gasteiger charge is 2.07. The number of nitrogens with zero attached hydrogens (tertiary/aromatic N) is 2. The number of H-pyrrole nitrogens is 1. The van der Waals surface area contributed by atoms with Crippen molar-refractivity contribution in [3.8, 4) is 0 Å². The van der Waals surface area contributed by atoms with Gasteiger partial charge in [0.25, 0.3) is 0 Å². The van der Waals surface area contributed by atoms with Gasteiger partial charge in [-0.2, -0.15) is 0 Å². The smallest absolute Gasteiger partial charge is 0.128 e. The molecule has 15 heavy (non-hydrogen) atoms. The number of hydrogen-bond donors (Lipinski definition) is 2. The van der Waals surface area contributed by atoms with E-state index in [4.69, 9.17) is 0 Å². The van der Waals surface area contributed by atoms with Gasteiger partial charge in [0, 0.05) is 18.1 Å². The summed E-state index contributed by atoms with van der Waals surface area (Å²) in [5.41, 5.74) is 1.01. The number of pyridine rings is 1. The van der Waals surface area contributed by atoms with E-state index in [1.165, 1.54) is 0 Å². The lowest BCUT2D eigenvalue weighted by atomic mass is 10.3. The van der Waals surface area contributed by atoms with Crippen LogP contribution in [0.2, 0.25) is 0 Å². The lowest BCUT2D eigenvalue weighted by Gasteiger charge is -2.12. The molecule has 2 heterocycles. The molecule has 2 N–H and O–H groups in total. The molecular weight excluding hydrogens is 188 g/mol. The van der Waals surface area contributed by atoms with E-state index in [0.717, 1.165) is 17.3 Å². The van der Waals surface area contributed by atoms with Gasteiger partial charge >= 0.3 is 0 Å². The monoisotopic (exact) mass is 202 g/mol. The molecule has 78 valence electrons. The zero-order valence-electron chi connectivity index (χ0n) is 8.86. The van der Waals surface area contributed by atoms with E-state index >= 15 is 0 Å². The Morgan fingerprint density at radius 2 is 2.27 bits per heavy atom. The summed E-state index contributed by atoms with van der Waals surface area (Å²) in [5.74, 6) is 1.79. The fraction of sp³-hybridized carbons (Fsp3) is 0.273. The van der Waals surface area contributed by atoms with Crippen LogP contribution in [0.15, 0.2) is 30.6 Å². The molecule has 0 radical (unpaired) electrons. The number of imidazole rings is 1. The number of aryl methyl sites for hydroxylation is 1. The number of hydrogen-bond acceptors (Lipinski definition) is 3. The second kappa shape index (κ2) is 4.13. The van der Waals surface area contributed by atoms with Crippen molar-refractivity contribution in [2.45, 2.75) is 19.9 Å². The number of rotatable bonds is 3. The first kappa shape index (κ1) is 9.71. The minimum atomic E-state index is 0.134. The Kier molecular flexibility index (Phi) is 2.67. The molecule has 4 nitrogen and oxygen atoms in total. The highest BCUT2D eigenvalue weighted by atomic mass is 15.1. The van der Waals surface area contributed by atoms with Crippen LogP contribution in [-0.2, 0) is 0 Å². The van der Waals surface area contributed by atoms with Crippen LogP contribution in [0, 0.1) is 6.92 Å². The van der Waals surface area contributed by atoms with E-state index in [2.05, 4.69) is 20.3 Å². The van der Waals surface area contributed by atoms with Crippen molar-refractivity contribution in [3.63, 3.8) is 0 Å². The standard InChI is InChI=1S/C11H14N4/c1-8-4-3-5-10(14-8)15-9(2)11-12-6-7-13-11/h3-7,9H,1-2H3,(H,12,13)(H,14,15). The summed E-state index contributed by atoms with van der Waals surface area (Å²) in [6.45, 7) is 4.02. The van der Waals surface area contributed by atoms with Gasteiger partial charge in [0.15, 0.2) is 0 Å². The van der Waals surface area contributed by atoms with Gasteiger partial charge in [-0.25, -0.2) is 9.97 Å². The Labute approximate surface area is 88.8 Å². The summed E-state index contributed by atoms with van der Waals surface area (Å²) in [4.78, 5) is 11.6. The van der Waals surface area contributed by atoms with Crippen LogP contribution in [0.3, 0.4) is 0 Å². The molecule has 0 fully saturated rings. The third kappa shape index (κ3) is 2.34. The molecule has 0 amide bonds. The van der Waals surface area contributed by atoms with Crippen molar-refractivity contribution in [1.82, 2.24) is 15.0 Å². The Morgan fingerprint density at radius 1 is 1.40 bits per heavy atom. The van der Waals surface area contributed by atoms with Crippen molar-refractivity contribution < 1.29 is 0 Å². The van der Waals surface area contributed by atoms with Crippen molar-refractivity contribution in [2.24, 2.45) is 0 Å². The van der Waals surface area contributed by atoms with Crippen LogP contribution < -0.4 is 5.32 Å². The SMILES string of the molecule is Cc1cccc(NC(C)c2ncc[nH]2)n1. The lowest BCUT2D eigenvalue weighted by molar-refractivity contribution is 0.803. The van der Waals surface area contributed by atoms with Gasteiger partial charge in [0.1, 0.15) is 11.6 Å². The first-order valence-corrected chi connectivity index (χ1v) is 4.95. The van der Waals surface area contributed by atoms with Crippen LogP contribution in [-0.4, -0.2) is 15.0 Å². The zero-order valence-corrected chi connectivity index (χ0v) is 8.86. The van der Waals surface area contributed by atoms with Gasteiger partial charge in [-0.3, -0.25) is 0 Å². The molecule has 2 aromatic rings. The predicted molar refractivity (Wildman–Crippen MR) is 59.6 cm³/mol. The fourth-order valence-corrected chi connectivity index (χ4v) is 1.43. The summed E-state index contributed by atoms with van der Waals surface area (Å²) >= 11 is 0. The Hall–Kier alpha value is -1.84. The minimum Gasteiger partial charge on any atom is -0.360 e. The molecule has 2 aromatic heterocycles. The van der Waals surface area contributed by atoms with E-state index in [9.17, 15) is 0 Å². The van der Waals surface area contributed by atoms with E-state index in [0.29, 0.717) is 0 Å². The summed E-state index contributed by atoms with van der Waals surface area (Å²) in [7, 11) is 0. The molecule has 0 bridgehead atoms. The Morgan fingerprint density at radius 3 is 2.93 bits per heavy atom. The Balaban J connectivity index is 2.09. The average molecular weight is 202 g/mol. The topological polar surface area (TPSA) is 53.6 Å². The van der Waals surface area contributed by atoms with Crippen LogP contribution in [0.4, 0.5) is 5.82 Å². The lowest BCUT2D eigenvalue weighted by Crippen LogP contribution is -2.09. The van der Waals surface area contributed by atoms with Gasteiger partial charge < -0.3 is 10.3 Å². The van der Waals surface area contributed by atoms with Crippen LogP contribution >= 0.6 is 0 Å². The average Bonchev–Trinajstić information content (AvgIpc) is 2.70. The third-order valence-electron chi connectivity index (χ3n) is 2.18. The van der Waals surface area contributed by atoms with E-state index in [1.807, 2.05) is 38.2 Å². The molecule has 1 atom stereocenters. The van der Waals surface area contributed by atoms with Crippen molar-refractivity contribution >= 4 is 5.82 Å². The molecule has 0 saturated heterocycles. The molecular formula is C11H14N4. The van der Waals surface area contributed by atoms with Gasteiger partial charge in [-0.1, -0.05) is 6.07 Å². The van der Waals surface area contributed by atoms with Crippen molar-refractivity contribution in [3.05, 3.63) is 42.1 Å². The number of nitrogens with one attached hydrogen (secondary N) is 2. The summed E-state index contributed by atoms with van der Waals surface area (Å²) in [6.07, 6.45) is 3.56. The maximum atomic E-state index is 4.37. The van der Waals surface area contributed by atoms with Gasteiger partial charge in [-0.05, 0) is 26.0 Å². The normalized spacial score (nSPS) is 12.4. The molecule has 1 unspecified atom stereocenters. The highest BCUT2D eigenvalue weighted by Crippen LogP contribution is 2.13. The first-order valence-electron chi connectivity index (χ1n) is 4.95. The maximum Gasteiger partial charge on any atom is 0.128 e. The molecule has 0 spiro atoms. The van der Waals surface area contributed by atoms with Gasteiger partial charge in [0.2, 0.25) is 0 Å². The molecule has 0 aliphatic carbocycles. The van der Waals surface area contributed by atoms with E-state index < -0.39 is 0 Å². The molecule has 4 heteroatoms. The minimum absolute atomic E-state index is 0.134. The number of anilines is 1. The second-order valence-electron chi connectivity index (χ2n) is 3.50. The molecule has 2 rings (SSSR count). The van der Waals surface area contributed by atoms with Crippen molar-refractivity contribution in [1.29, 1.82) is 0 Å². The molecule has 0 aromatic carbocycles. The van der Waals surface area contributed by atoms with E-state index in [1.54, 1.807) is 6.20 Å². The van der Waals surface area contributed by atoms with Gasteiger partial charge in [-0.15, -0.1) is 0 Å². The first-order chi connectivity index (χ1) is 7.25. The third-order valence-corrected chi connectivity index (χ3v) is 2.18. The van der Waals surface area contributed by atoms with E-state index in [-0.39, 0.29) is 6.04 Å². The quantitative estimate of drug-likeness (QED) is 0.802. The second-order valence-corrected chi connectivity index (χ2v) is 3.50. The molecule has 0 saturated carbocycles. The summed E-state index contributed by atoms with van der Waals surface area (Å²) in [5, 5.41) is 3.28. The fourth-order valence-electron chi connectivity index (χ4n) is 1.43. The van der Waals surface area contributed by atoms with Crippen LogP contribution in [0.25, 0.3) is 0 Å². The van der Waals surface area contributed by atoms with Crippen molar-refractivity contribution in [2.75, 3.05) is 5.32 Å². The predicted octanol–water partition coefficient (Wildman–Crippen LogP) is 2.29. The summed E-state index contributed by atoms with van der Waals surface area (Å²) < 4.78 is 0. The van der Waals surface area contributed by atoms with Gasteiger partial charge in [0.05, 0.1) is 6.04 Å². The Bertz CT molecular complexity index is 422.